The van der Waals surface area contributed by atoms with Crippen molar-refractivity contribution in [1.29, 1.82) is 0 Å². The normalized spacial score (nSPS) is 12.9. The average molecular weight is 251 g/mol. The molecule has 98 valence electrons. The lowest BCUT2D eigenvalue weighted by molar-refractivity contribution is 0.126. The standard InChI is InChI=1S/C11H17N5O2/c1-7-5-4-6-13-9(7)15-11(16-10(12)17)14-8(2)18-3/h4-6,8H,1-3H3,(H4,12,13,14,15,16,17). The number of guanidine groups is 1. The molecular weight excluding hydrogens is 234 g/mol. The summed E-state index contributed by atoms with van der Waals surface area (Å²) in [7, 11) is 1.52. The third kappa shape index (κ3) is 4.38. The number of carbonyl (C=O) groups is 1. The van der Waals surface area contributed by atoms with Crippen molar-refractivity contribution in [1.82, 2.24) is 10.3 Å². The topological polar surface area (TPSA) is 102 Å². The fraction of sp³-hybridized carbons (Fsp3) is 0.364. The first kappa shape index (κ1) is 13.9. The predicted molar refractivity (Wildman–Crippen MR) is 69.2 cm³/mol. The predicted octanol–water partition coefficient (Wildman–Crippen LogP) is 0.819. The first-order valence-corrected chi connectivity index (χ1v) is 5.38. The Balaban J connectivity index is 2.88. The third-order valence-corrected chi connectivity index (χ3v) is 2.14. The summed E-state index contributed by atoms with van der Waals surface area (Å²) >= 11 is 0. The van der Waals surface area contributed by atoms with Crippen LogP contribution in [0.1, 0.15) is 12.5 Å². The number of aliphatic imine (C=N–C) groups is 1. The molecule has 1 aromatic rings. The Morgan fingerprint density at radius 1 is 1.61 bits per heavy atom. The second-order valence-electron chi connectivity index (χ2n) is 3.60. The number of nitrogens with one attached hydrogen (secondary N) is 2. The van der Waals surface area contributed by atoms with Gasteiger partial charge in [0, 0.05) is 13.3 Å². The van der Waals surface area contributed by atoms with Crippen LogP contribution in [-0.4, -0.2) is 30.3 Å². The van der Waals surface area contributed by atoms with Crippen molar-refractivity contribution in [3.63, 3.8) is 0 Å². The molecule has 0 aliphatic carbocycles. The molecule has 2 amide bonds. The zero-order valence-electron chi connectivity index (χ0n) is 10.6. The van der Waals surface area contributed by atoms with Gasteiger partial charge < -0.3 is 15.8 Å². The summed E-state index contributed by atoms with van der Waals surface area (Å²) in [4.78, 5) is 19.1. The number of nitrogens with zero attached hydrogens (tertiary/aromatic N) is 2. The van der Waals surface area contributed by atoms with Crippen molar-refractivity contribution in [2.75, 3.05) is 12.4 Å². The van der Waals surface area contributed by atoms with E-state index < -0.39 is 12.3 Å². The Hall–Kier alpha value is -2.15. The van der Waals surface area contributed by atoms with Crippen molar-refractivity contribution in [2.45, 2.75) is 20.1 Å². The molecule has 0 fully saturated rings. The number of amides is 2. The molecule has 1 rings (SSSR count). The molecule has 0 aromatic carbocycles. The van der Waals surface area contributed by atoms with E-state index in [1.54, 1.807) is 13.1 Å². The molecule has 4 N–H and O–H groups in total. The number of rotatable bonds is 3. The van der Waals surface area contributed by atoms with Crippen LogP contribution >= 0.6 is 0 Å². The van der Waals surface area contributed by atoms with Crippen LogP contribution in [0.3, 0.4) is 0 Å². The van der Waals surface area contributed by atoms with Gasteiger partial charge in [0.1, 0.15) is 12.0 Å². The number of aromatic nitrogens is 1. The van der Waals surface area contributed by atoms with Gasteiger partial charge in [0.25, 0.3) is 0 Å². The number of carbonyl (C=O) groups excluding carboxylic acids is 1. The van der Waals surface area contributed by atoms with Crippen LogP contribution in [0.5, 0.6) is 0 Å². The smallest absolute Gasteiger partial charge is 0.318 e. The molecule has 0 radical (unpaired) electrons. The van der Waals surface area contributed by atoms with E-state index in [1.165, 1.54) is 7.11 Å². The van der Waals surface area contributed by atoms with Gasteiger partial charge in [-0.15, -0.1) is 0 Å². The quantitative estimate of drug-likeness (QED) is 0.546. The zero-order chi connectivity index (χ0) is 13.5. The van der Waals surface area contributed by atoms with Crippen molar-refractivity contribution >= 4 is 17.8 Å². The van der Waals surface area contributed by atoms with Gasteiger partial charge in [-0.3, -0.25) is 5.32 Å². The number of hydrogen-bond acceptors (Lipinski definition) is 4. The molecule has 1 atom stereocenters. The van der Waals surface area contributed by atoms with Gasteiger partial charge in [0.05, 0.1) is 0 Å². The average Bonchev–Trinajstić information content (AvgIpc) is 2.31. The van der Waals surface area contributed by atoms with E-state index >= 15 is 0 Å². The van der Waals surface area contributed by atoms with Crippen LogP contribution < -0.4 is 16.4 Å². The first-order valence-electron chi connectivity index (χ1n) is 5.38. The molecule has 0 saturated carbocycles. The summed E-state index contributed by atoms with van der Waals surface area (Å²) in [5, 5.41) is 5.27. The van der Waals surface area contributed by atoms with Crippen LogP contribution in [0.4, 0.5) is 10.6 Å². The Labute approximate surface area is 105 Å². The minimum Gasteiger partial charge on any atom is -0.360 e. The van der Waals surface area contributed by atoms with Gasteiger partial charge in [0.15, 0.2) is 0 Å². The Morgan fingerprint density at radius 3 is 2.89 bits per heavy atom. The Morgan fingerprint density at radius 2 is 2.33 bits per heavy atom. The van der Waals surface area contributed by atoms with E-state index in [-0.39, 0.29) is 5.96 Å². The number of aryl methyl sites for hydroxylation is 1. The number of primary amides is 1. The number of ether oxygens (including phenoxy) is 1. The number of methoxy groups -OCH3 is 1. The highest BCUT2D eigenvalue weighted by Crippen LogP contribution is 2.08. The fourth-order valence-electron chi connectivity index (χ4n) is 1.18. The summed E-state index contributed by atoms with van der Waals surface area (Å²) in [6.07, 6.45) is 1.22. The van der Waals surface area contributed by atoms with Crippen molar-refractivity contribution in [2.24, 2.45) is 10.7 Å². The summed E-state index contributed by atoms with van der Waals surface area (Å²) in [6, 6.07) is 2.99. The minimum atomic E-state index is -0.710. The molecule has 0 bridgehead atoms. The number of hydrogen-bond donors (Lipinski definition) is 3. The number of anilines is 1. The molecule has 0 aliphatic rings. The lowest BCUT2D eigenvalue weighted by atomic mass is 10.3. The maximum Gasteiger partial charge on any atom is 0.318 e. The van der Waals surface area contributed by atoms with Gasteiger partial charge >= 0.3 is 6.03 Å². The molecule has 0 spiro atoms. The van der Waals surface area contributed by atoms with Crippen LogP contribution in [0, 0.1) is 6.92 Å². The highest BCUT2D eigenvalue weighted by Gasteiger charge is 2.07. The van der Waals surface area contributed by atoms with Gasteiger partial charge in [-0.2, -0.15) is 0 Å². The summed E-state index contributed by atoms with van der Waals surface area (Å²) in [5.74, 6) is 0.784. The van der Waals surface area contributed by atoms with E-state index in [1.807, 2.05) is 19.1 Å². The monoisotopic (exact) mass is 251 g/mol. The zero-order valence-corrected chi connectivity index (χ0v) is 10.6. The third-order valence-electron chi connectivity index (χ3n) is 2.14. The fourth-order valence-corrected chi connectivity index (χ4v) is 1.18. The van der Waals surface area contributed by atoms with E-state index in [0.29, 0.717) is 5.82 Å². The molecular formula is C11H17N5O2. The second-order valence-corrected chi connectivity index (χ2v) is 3.60. The molecule has 7 heteroatoms. The molecule has 0 saturated heterocycles. The number of pyridine rings is 1. The lowest BCUT2D eigenvalue weighted by Gasteiger charge is -2.13. The van der Waals surface area contributed by atoms with E-state index in [0.717, 1.165) is 5.56 Å². The van der Waals surface area contributed by atoms with E-state index in [2.05, 4.69) is 20.6 Å². The van der Waals surface area contributed by atoms with Gasteiger partial charge in [-0.1, -0.05) is 6.07 Å². The lowest BCUT2D eigenvalue weighted by Crippen LogP contribution is -2.40. The molecule has 18 heavy (non-hydrogen) atoms. The molecule has 1 heterocycles. The molecule has 0 aliphatic heterocycles. The largest absolute Gasteiger partial charge is 0.360 e. The van der Waals surface area contributed by atoms with Crippen LogP contribution in [-0.2, 0) is 4.74 Å². The van der Waals surface area contributed by atoms with Crippen molar-refractivity contribution in [3.8, 4) is 0 Å². The van der Waals surface area contributed by atoms with Crippen LogP contribution in [0.15, 0.2) is 23.3 Å². The van der Waals surface area contributed by atoms with Gasteiger partial charge in [-0.05, 0) is 25.5 Å². The van der Waals surface area contributed by atoms with Crippen LogP contribution in [0.2, 0.25) is 0 Å². The van der Waals surface area contributed by atoms with Crippen molar-refractivity contribution < 1.29 is 9.53 Å². The SMILES string of the molecule is COC(C)/N=C(\NC(N)=O)Nc1ncccc1C. The maximum absolute atomic E-state index is 10.9. The highest BCUT2D eigenvalue weighted by molar-refractivity contribution is 6.03. The summed E-state index contributed by atoms with van der Waals surface area (Å²) in [5.41, 5.74) is 5.99. The van der Waals surface area contributed by atoms with Gasteiger partial charge in [-0.25, -0.2) is 14.8 Å². The minimum absolute atomic E-state index is 0.193. The van der Waals surface area contributed by atoms with Crippen LogP contribution in [0.25, 0.3) is 0 Å². The Bertz CT molecular complexity index is 447. The maximum atomic E-state index is 10.9. The summed E-state index contributed by atoms with van der Waals surface area (Å²) in [6.45, 7) is 3.62. The summed E-state index contributed by atoms with van der Waals surface area (Å²) < 4.78 is 4.99. The highest BCUT2D eigenvalue weighted by atomic mass is 16.5. The molecule has 1 aromatic heterocycles. The second kappa shape index (κ2) is 6.55. The van der Waals surface area contributed by atoms with E-state index in [4.69, 9.17) is 10.5 Å². The number of nitrogens with two attached hydrogens (primary N) is 1. The molecule has 7 nitrogen and oxygen atoms in total. The first-order chi connectivity index (χ1) is 8.52. The Kier molecular flexibility index (Phi) is 5.06. The van der Waals surface area contributed by atoms with E-state index in [9.17, 15) is 4.79 Å². The van der Waals surface area contributed by atoms with Gasteiger partial charge in [0.2, 0.25) is 5.96 Å². The molecule has 1 unspecified atom stereocenters. The van der Waals surface area contributed by atoms with Crippen molar-refractivity contribution in [3.05, 3.63) is 23.9 Å². The number of urea groups is 1.